The van der Waals surface area contributed by atoms with E-state index in [2.05, 4.69) is 6.58 Å². The van der Waals surface area contributed by atoms with E-state index in [9.17, 15) is 9.90 Å². The van der Waals surface area contributed by atoms with Crippen LogP contribution in [-0.4, -0.2) is 53.1 Å². The highest BCUT2D eigenvalue weighted by Crippen LogP contribution is 2.48. The first kappa shape index (κ1) is 38.8. The quantitative estimate of drug-likeness (QED) is 0.0676. The molecule has 2 amide bonds. The van der Waals surface area contributed by atoms with Crippen LogP contribution in [-0.2, 0) is 16.1 Å². The van der Waals surface area contributed by atoms with Gasteiger partial charge in [-0.2, -0.15) is 0 Å². The summed E-state index contributed by atoms with van der Waals surface area (Å²) in [5.41, 5.74) is 6.05. The maximum Gasteiger partial charge on any atom is 0.302 e. The number of amides is 2. The molecule has 8 heteroatoms. The predicted molar refractivity (Wildman–Crippen MR) is 224 cm³/mol. The molecule has 0 saturated heterocycles. The number of aryl methyl sites for hydroxylation is 1. The van der Waals surface area contributed by atoms with Crippen LogP contribution in [0.2, 0.25) is 0 Å². The molecule has 0 saturated carbocycles. The zero-order chi connectivity index (χ0) is 39.9. The Morgan fingerprint density at radius 3 is 2.23 bits per heavy atom. The lowest BCUT2D eigenvalue weighted by Gasteiger charge is -2.39. The van der Waals surface area contributed by atoms with Gasteiger partial charge >= 0.3 is 5.97 Å². The number of ether oxygens (including phenoxy) is 2. The third-order valence-corrected chi connectivity index (χ3v) is 10.4. The molecule has 8 nitrogen and oxygen atoms in total. The number of aliphatic hydroxyl groups excluding tert-OH is 1. The highest BCUT2D eigenvalue weighted by Gasteiger charge is 2.51. The zero-order valence-electron chi connectivity index (χ0n) is 32.2. The molecule has 0 aromatic heterocycles. The van der Waals surface area contributed by atoms with Gasteiger partial charge in [0.15, 0.2) is 0 Å². The van der Waals surface area contributed by atoms with Gasteiger partial charge < -0.3 is 19.5 Å². The van der Waals surface area contributed by atoms with E-state index in [4.69, 9.17) is 9.47 Å². The highest BCUT2D eigenvalue weighted by molar-refractivity contribution is 6.09. The fourth-order valence-corrected chi connectivity index (χ4v) is 7.77. The minimum Gasteiger partial charge on any atom is -0.493 e. The number of nitrogens with zero attached hydrogens (tertiary/aromatic N) is 2. The smallest absolute Gasteiger partial charge is 0.302 e. The molecule has 6 aromatic carbocycles. The summed E-state index contributed by atoms with van der Waals surface area (Å²) < 4.78 is 12.2. The van der Waals surface area contributed by atoms with Crippen LogP contribution < -0.4 is 9.64 Å². The van der Waals surface area contributed by atoms with Gasteiger partial charge in [-0.25, -0.2) is 0 Å². The Hall–Kier alpha value is -6.51. The number of carbonyl (C=O) groups excluding carboxylic acids is 3. The Kier molecular flexibility index (Phi) is 11.9. The molecule has 6 aromatic rings. The van der Waals surface area contributed by atoms with Crippen LogP contribution >= 0.6 is 0 Å². The van der Waals surface area contributed by atoms with Gasteiger partial charge in [0.2, 0.25) is 0 Å². The minimum absolute atomic E-state index is 0.0313. The molecular formula is C49H46N2O6. The maximum atomic E-state index is 15.2. The number of rotatable bonds is 14. The van der Waals surface area contributed by atoms with Gasteiger partial charge in [0, 0.05) is 49.6 Å². The summed E-state index contributed by atoms with van der Waals surface area (Å²) in [5, 5.41) is 11.5. The van der Waals surface area contributed by atoms with Crippen molar-refractivity contribution in [3.05, 3.63) is 180 Å². The van der Waals surface area contributed by atoms with Gasteiger partial charge in [0.25, 0.3) is 11.8 Å². The monoisotopic (exact) mass is 758 g/mol. The lowest BCUT2D eigenvalue weighted by Crippen LogP contribution is -2.52. The largest absolute Gasteiger partial charge is 0.493 e. The molecule has 0 radical (unpaired) electrons. The highest BCUT2D eigenvalue weighted by atomic mass is 16.5. The van der Waals surface area contributed by atoms with E-state index in [1.54, 1.807) is 34.1 Å². The Morgan fingerprint density at radius 2 is 1.51 bits per heavy atom. The van der Waals surface area contributed by atoms with Crippen molar-refractivity contribution < 1.29 is 29.0 Å². The average molecular weight is 759 g/mol. The van der Waals surface area contributed by atoms with E-state index in [0.717, 1.165) is 33.0 Å². The number of fused-ring (bicyclic) bond motifs is 2. The predicted octanol–water partition coefficient (Wildman–Crippen LogP) is 9.50. The van der Waals surface area contributed by atoms with E-state index >= 15 is 9.59 Å². The summed E-state index contributed by atoms with van der Waals surface area (Å²) in [7, 11) is 0. The molecule has 57 heavy (non-hydrogen) atoms. The van der Waals surface area contributed by atoms with Gasteiger partial charge in [-0.3, -0.25) is 19.3 Å². The van der Waals surface area contributed by atoms with E-state index in [1.807, 2.05) is 128 Å². The molecule has 1 heterocycles. The average Bonchev–Trinajstić information content (AvgIpc) is 3.57. The van der Waals surface area contributed by atoms with Crippen LogP contribution in [0.3, 0.4) is 0 Å². The summed E-state index contributed by atoms with van der Waals surface area (Å²) in [6.45, 7) is 7.74. The number of carbonyl (C=O) groups is 3. The van der Waals surface area contributed by atoms with Crippen molar-refractivity contribution in [3.8, 4) is 16.9 Å². The Balaban J connectivity index is 1.43. The van der Waals surface area contributed by atoms with Crippen LogP contribution in [0.5, 0.6) is 5.75 Å². The van der Waals surface area contributed by atoms with Gasteiger partial charge in [-0.15, -0.1) is 6.58 Å². The molecule has 0 spiro atoms. The molecule has 1 aliphatic rings. The molecule has 0 bridgehead atoms. The van der Waals surface area contributed by atoms with Crippen LogP contribution in [0, 0.1) is 6.92 Å². The first-order valence-corrected chi connectivity index (χ1v) is 19.3. The molecular weight excluding hydrogens is 713 g/mol. The molecule has 3 atom stereocenters. The number of aliphatic hydroxyl groups is 1. The van der Waals surface area contributed by atoms with Crippen molar-refractivity contribution in [2.75, 3.05) is 18.1 Å². The SMILES string of the molecule is C=CCC(OC(C)=O)[C@@H]1[C@@H](N(Cc2cccc3ccccc23)C(=O)c2ccc(C)cc2)c2cc(OCCCO)ccc2N1C(=O)c1ccc(-c2ccccc2)cc1. The third-order valence-electron chi connectivity index (χ3n) is 10.4. The van der Waals surface area contributed by atoms with Crippen molar-refractivity contribution in [1.29, 1.82) is 0 Å². The van der Waals surface area contributed by atoms with Crippen molar-refractivity contribution in [2.45, 2.75) is 51.4 Å². The second kappa shape index (κ2) is 17.5. The van der Waals surface area contributed by atoms with E-state index < -0.39 is 24.2 Å². The standard InChI is InChI=1S/C49H46N2O6/c1-4-12-45(57-34(3)53)47-46(50(48(54)38-21-19-33(2)20-22-38)32-40-17-10-16-37-15-8-9-18-42(37)40)43-31-41(56-30-11-29-52)27-28-44(43)51(47)49(55)39-25-23-36(24-26-39)35-13-6-5-7-14-35/h4-10,13-28,31,45-47,52H,1,11-12,29-30,32H2,2-3H3/t45?,46-,47+/m0/s1. The Bertz CT molecular complexity index is 2370. The lowest BCUT2D eigenvalue weighted by atomic mass is 9.93. The zero-order valence-corrected chi connectivity index (χ0v) is 32.2. The van der Waals surface area contributed by atoms with Crippen molar-refractivity contribution in [3.63, 3.8) is 0 Å². The van der Waals surface area contributed by atoms with E-state index in [1.165, 1.54) is 6.92 Å². The first-order valence-electron chi connectivity index (χ1n) is 19.3. The minimum atomic E-state index is -0.885. The number of anilines is 1. The number of hydrogen-bond acceptors (Lipinski definition) is 6. The van der Waals surface area contributed by atoms with Crippen LogP contribution in [0.4, 0.5) is 5.69 Å². The fraction of sp³-hybridized carbons (Fsp3) is 0.204. The van der Waals surface area contributed by atoms with E-state index in [-0.39, 0.29) is 38.0 Å². The summed E-state index contributed by atoms with van der Waals surface area (Å²) in [4.78, 5) is 46.7. The molecule has 7 rings (SSSR count). The maximum absolute atomic E-state index is 15.2. The number of esters is 1. The summed E-state index contributed by atoms with van der Waals surface area (Å²) in [5.74, 6) is -0.564. The normalized spacial score (nSPS) is 15.1. The molecule has 0 aliphatic carbocycles. The van der Waals surface area contributed by atoms with Gasteiger partial charge in [0.05, 0.1) is 24.4 Å². The van der Waals surface area contributed by atoms with Gasteiger partial charge in [-0.1, -0.05) is 109 Å². The van der Waals surface area contributed by atoms with Crippen LogP contribution in [0.15, 0.2) is 152 Å². The van der Waals surface area contributed by atoms with Crippen molar-refractivity contribution >= 4 is 34.2 Å². The molecule has 1 unspecified atom stereocenters. The first-order chi connectivity index (χ1) is 27.8. The topological polar surface area (TPSA) is 96.4 Å². The van der Waals surface area contributed by atoms with Crippen molar-refractivity contribution in [1.82, 2.24) is 4.90 Å². The molecule has 0 fully saturated rings. The summed E-state index contributed by atoms with van der Waals surface area (Å²) in [6.07, 6.45) is 1.43. The third kappa shape index (κ3) is 8.37. The fourth-order valence-electron chi connectivity index (χ4n) is 7.77. The van der Waals surface area contributed by atoms with Crippen molar-refractivity contribution in [2.24, 2.45) is 0 Å². The molecule has 1 aliphatic heterocycles. The number of benzene rings is 6. The Morgan fingerprint density at radius 1 is 0.825 bits per heavy atom. The molecule has 1 N–H and O–H groups in total. The summed E-state index contributed by atoms with van der Waals surface area (Å²) in [6, 6.07) is 42.7. The van der Waals surface area contributed by atoms with E-state index in [0.29, 0.717) is 34.5 Å². The Labute approximate surface area is 333 Å². The van der Waals surface area contributed by atoms with Crippen LogP contribution in [0.1, 0.15) is 63.2 Å². The van der Waals surface area contributed by atoms with Gasteiger partial charge in [0.1, 0.15) is 11.9 Å². The lowest BCUT2D eigenvalue weighted by molar-refractivity contribution is -0.147. The second-order valence-corrected chi connectivity index (χ2v) is 14.3. The van der Waals surface area contributed by atoms with Crippen LogP contribution in [0.25, 0.3) is 21.9 Å². The number of hydrogen-bond donors (Lipinski definition) is 1. The molecule has 288 valence electrons. The second-order valence-electron chi connectivity index (χ2n) is 14.3. The van der Waals surface area contributed by atoms with Gasteiger partial charge in [-0.05, 0) is 76.9 Å². The summed E-state index contributed by atoms with van der Waals surface area (Å²) >= 11 is 0.